The zero-order valence-electron chi connectivity index (χ0n) is 15.3. The first kappa shape index (κ1) is 19.2. The van der Waals surface area contributed by atoms with E-state index in [-0.39, 0.29) is 11.9 Å². The van der Waals surface area contributed by atoms with Crippen molar-refractivity contribution in [3.8, 4) is 0 Å². The average molecular weight is 382 g/mol. The van der Waals surface area contributed by atoms with Gasteiger partial charge in [-0.3, -0.25) is 9.69 Å². The Hall–Kier alpha value is -2.55. The van der Waals surface area contributed by atoms with Crippen molar-refractivity contribution in [2.45, 2.75) is 12.2 Å². The molecule has 1 unspecified atom stereocenters. The summed E-state index contributed by atoms with van der Waals surface area (Å²) in [6, 6.07) is 3.38. The molecule has 6 nitrogen and oxygen atoms in total. The second-order valence-corrected chi connectivity index (χ2v) is 6.95. The molecule has 3 rings (SSSR count). The molecule has 27 heavy (non-hydrogen) atoms. The number of amides is 3. The van der Waals surface area contributed by atoms with Gasteiger partial charge in [-0.15, -0.1) is 0 Å². The summed E-state index contributed by atoms with van der Waals surface area (Å²) in [5.41, 5.74) is 0.674. The normalized spacial score (nSPS) is 20.5. The predicted molar refractivity (Wildman–Crippen MR) is 92.6 cm³/mol. The summed E-state index contributed by atoms with van der Waals surface area (Å²) in [4.78, 5) is 30.2. The third-order valence-electron chi connectivity index (χ3n) is 4.82. The van der Waals surface area contributed by atoms with Crippen LogP contribution in [-0.2, 0) is 11.0 Å². The molecule has 9 heteroatoms. The maximum absolute atomic E-state index is 12.9. The predicted octanol–water partition coefficient (Wildman–Crippen LogP) is 2.06. The number of hydrogen-bond acceptors (Lipinski definition) is 3. The summed E-state index contributed by atoms with van der Waals surface area (Å²) in [7, 11) is 5.38. The average Bonchev–Trinajstić information content (AvgIpc) is 2.93. The Labute approximate surface area is 155 Å². The van der Waals surface area contributed by atoms with E-state index in [9.17, 15) is 22.8 Å². The summed E-state index contributed by atoms with van der Waals surface area (Å²) in [5.74, 6) is -0.205. The Morgan fingerprint density at radius 2 is 1.81 bits per heavy atom. The summed E-state index contributed by atoms with van der Waals surface area (Å²) < 4.78 is 38.4. The number of urea groups is 1. The van der Waals surface area contributed by atoms with E-state index in [1.807, 2.05) is 19.0 Å². The molecule has 1 aromatic rings. The van der Waals surface area contributed by atoms with Gasteiger partial charge in [-0.05, 0) is 31.8 Å². The third-order valence-corrected chi connectivity index (χ3v) is 4.82. The molecular formula is C18H21F3N4O2. The smallest absolute Gasteiger partial charge is 0.332 e. The van der Waals surface area contributed by atoms with Crippen LogP contribution < -0.4 is 5.32 Å². The largest absolute Gasteiger partial charge is 0.416 e. The lowest BCUT2D eigenvalue weighted by Gasteiger charge is -2.31. The van der Waals surface area contributed by atoms with Gasteiger partial charge in [-0.2, -0.15) is 13.2 Å². The summed E-state index contributed by atoms with van der Waals surface area (Å²) in [6.07, 6.45) is -4.44. The van der Waals surface area contributed by atoms with Crippen molar-refractivity contribution < 1.29 is 22.8 Å². The number of nitrogens with one attached hydrogen (secondary N) is 1. The van der Waals surface area contributed by atoms with Gasteiger partial charge in [0.15, 0.2) is 0 Å². The Balaban J connectivity index is 1.91. The van der Waals surface area contributed by atoms with Crippen molar-refractivity contribution >= 4 is 11.9 Å². The van der Waals surface area contributed by atoms with Gasteiger partial charge in [0.25, 0.3) is 5.91 Å². The highest BCUT2D eigenvalue weighted by Crippen LogP contribution is 2.37. The maximum atomic E-state index is 12.9. The number of benzene rings is 1. The van der Waals surface area contributed by atoms with E-state index in [4.69, 9.17) is 0 Å². The van der Waals surface area contributed by atoms with Crippen LogP contribution in [0.25, 0.3) is 0 Å². The number of halogens is 3. The van der Waals surface area contributed by atoms with Gasteiger partial charge in [-0.25, -0.2) is 4.79 Å². The number of hydrogen-bond donors (Lipinski definition) is 1. The fraction of sp³-hybridized carbons (Fsp3) is 0.444. The number of alkyl halides is 3. The quantitative estimate of drug-likeness (QED) is 0.867. The molecule has 0 saturated heterocycles. The first-order valence-electron chi connectivity index (χ1n) is 8.48. The highest BCUT2D eigenvalue weighted by Gasteiger charge is 2.42. The molecule has 0 radical (unpaired) electrons. The van der Waals surface area contributed by atoms with Gasteiger partial charge in [-0.1, -0.05) is 12.1 Å². The number of likely N-dealkylation sites (N-methyl/N-ethyl adjacent to an activating group) is 2. The molecule has 3 amide bonds. The molecule has 146 valence electrons. The minimum atomic E-state index is -4.44. The van der Waals surface area contributed by atoms with Crippen molar-refractivity contribution in [1.82, 2.24) is 20.0 Å². The molecule has 1 N–H and O–H groups in total. The molecule has 0 bridgehead atoms. The Morgan fingerprint density at radius 1 is 1.19 bits per heavy atom. The van der Waals surface area contributed by atoms with Crippen molar-refractivity contribution in [3.05, 3.63) is 46.7 Å². The van der Waals surface area contributed by atoms with Crippen LogP contribution in [-0.4, -0.2) is 67.4 Å². The molecule has 0 spiro atoms. The molecule has 0 aliphatic carbocycles. The monoisotopic (exact) mass is 382 g/mol. The second-order valence-electron chi connectivity index (χ2n) is 6.95. The van der Waals surface area contributed by atoms with Gasteiger partial charge in [0.05, 0.1) is 29.4 Å². The fourth-order valence-corrected chi connectivity index (χ4v) is 3.24. The zero-order chi connectivity index (χ0) is 19.9. The Bertz CT molecular complexity index is 787. The summed E-state index contributed by atoms with van der Waals surface area (Å²) in [6.45, 7) is 1.48. The van der Waals surface area contributed by atoms with Gasteiger partial charge in [0, 0.05) is 20.1 Å². The van der Waals surface area contributed by atoms with Crippen LogP contribution in [0.15, 0.2) is 35.5 Å². The maximum Gasteiger partial charge on any atom is 0.416 e. The van der Waals surface area contributed by atoms with Crippen LogP contribution in [0.2, 0.25) is 0 Å². The van der Waals surface area contributed by atoms with Crippen molar-refractivity contribution in [2.75, 3.05) is 40.8 Å². The summed E-state index contributed by atoms with van der Waals surface area (Å²) >= 11 is 0. The van der Waals surface area contributed by atoms with Crippen LogP contribution in [0.5, 0.6) is 0 Å². The zero-order valence-corrected chi connectivity index (χ0v) is 15.3. The molecule has 0 fully saturated rings. The Morgan fingerprint density at radius 3 is 2.37 bits per heavy atom. The Kier molecular flexibility index (Phi) is 4.90. The van der Waals surface area contributed by atoms with Crippen LogP contribution in [0.3, 0.4) is 0 Å². The van der Waals surface area contributed by atoms with Crippen molar-refractivity contribution in [3.63, 3.8) is 0 Å². The molecule has 1 aromatic carbocycles. The standard InChI is InChI=1S/C18H21F3N4O2/c1-23(2)8-9-25-10-13-14(16(25)26)15(22-17(27)24(13)3)11-4-6-12(7-5-11)18(19,20)21/h4-7,15H,8-10H2,1-3H3,(H,22,27). The van der Waals surface area contributed by atoms with Gasteiger partial charge in [0.1, 0.15) is 0 Å². The van der Waals surface area contributed by atoms with Crippen molar-refractivity contribution in [2.24, 2.45) is 0 Å². The van der Waals surface area contributed by atoms with E-state index in [0.29, 0.717) is 36.5 Å². The van der Waals surface area contributed by atoms with Crippen molar-refractivity contribution in [1.29, 1.82) is 0 Å². The molecule has 2 aliphatic rings. The van der Waals surface area contributed by atoms with Crippen LogP contribution in [0, 0.1) is 0 Å². The lowest BCUT2D eigenvalue weighted by molar-refractivity contribution is -0.137. The van der Waals surface area contributed by atoms with Gasteiger partial charge in [0.2, 0.25) is 0 Å². The van der Waals surface area contributed by atoms with Gasteiger partial charge >= 0.3 is 12.2 Å². The van der Waals surface area contributed by atoms with Crippen LogP contribution in [0.4, 0.5) is 18.0 Å². The minimum Gasteiger partial charge on any atom is -0.332 e. The van der Waals surface area contributed by atoms with E-state index in [1.54, 1.807) is 11.9 Å². The van der Waals surface area contributed by atoms with E-state index in [0.717, 1.165) is 12.1 Å². The van der Waals surface area contributed by atoms with Gasteiger partial charge < -0.3 is 15.1 Å². The molecule has 2 aliphatic heterocycles. The first-order chi connectivity index (χ1) is 12.6. The number of rotatable bonds is 4. The molecule has 1 atom stereocenters. The van der Waals surface area contributed by atoms with E-state index in [1.165, 1.54) is 17.0 Å². The molecular weight excluding hydrogens is 361 g/mol. The second kappa shape index (κ2) is 6.88. The van der Waals surface area contributed by atoms with E-state index >= 15 is 0 Å². The molecule has 0 saturated carbocycles. The first-order valence-corrected chi connectivity index (χ1v) is 8.48. The molecule has 2 heterocycles. The lowest BCUT2D eigenvalue weighted by Crippen LogP contribution is -2.45. The number of carbonyl (C=O) groups is 2. The topological polar surface area (TPSA) is 55.9 Å². The fourth-order valence-electron chi connectivity index (χ4n) is 3.24. The highest BCUT2D eigenvalue weighted by atomic mass is 19.4. The molecule has 0 aromatic heterocycles. The minimum absolute atomic E-state index is 0.205. The van der Waals surface area contributed by atoms with E-state index in [2.05, 4.69) is 5.32 Å². The summed E-state index contributed by atoms with van der Waals surface area (Å²) in [5, 5.41) is 2.72. The third kappa shape index (κ3) is 3.64. The van der Waals surface area contributed by atoms with E-state index < -0.39 is 17.8 Å². The van der Waals surface area contributed by atoms with Crippen LogP contribution in [0.1, 0.15) is 17.2 Å². The highest BCUT2D eigenvalue weighted by molar-refractivity contribution is 6.01. The lowest BCUT2D eigenvalue weighted by atomic mass is 9.95. The SMILES string of the molecule is CN(C)CCN1CC2=C(C1=O)C(c1ccc(C(F)(F)F)cc1)NC(=O)N2C. The number of carbonyl (C=O) groups excluding carboxylic acids is 2. The number of nitrogens with zero attached hydrogens (tertiary/aromatic N) is 3. The van der Waals surface area contributed by atoms with Crippen LogP contribution >= 0.6 is 0 Å².